The molecule has 0 N–H and O–H groups in total. The summed E-state index contributed by atoms with van der Waals surface area (Å²) in [6, 6.07) is 0. The highest BCUT2D eigenvalue weighted by molar-refractivity contribution is 5.55. The van der Waals surface area contributed by atoms with E-state index in [9.17, 15) is 0 Å². The molecule has 8 heavy (non-hydrogen) atoms. The number of hydrogen-bond donors (Lipinski definition) is 0. The number of rotatable bonds is 4. The van der Waals surface area contributed by atoms with E-state index in [0.29, 0.717) is 0 Å². The molecule has 0 radical (unpaired) electrons. The van der Waals surface area contributed by atoms with Gasteiger partial charge in [-0.2, -0.15) is 0 Å². The van der Waals surface area contributed by atoms with E-state index in [1.807, 2.05) is 0 Å². The standard InChI is InChI=1S/C6H13NO/c1-3-4-5-6-7-8-2/h6H,3-5H2,1-2H3/b7-6-. The van der Waals surface area contributed by atoms with E-state index in [-0.39, 0.29) is 0 Å². The van der Waals surface area contributed by atoms with Crippen molar-refractivity contribution in [3.8, 4) is 0 Å². The molecule has 0 saturated carbocycles. The molecule has 0 atom stereocenters. The van der Waals surface area contributed by atoms with Crippen molar-refractivity contribution < 1.29 is 4.84 Å². The van der Waals surface area contributed by atoms with Crippen molar-refractivity contribution in [3.05, 3.63) is 0 Å². The Labute approximate surface area is 50.5 Å². The minimum absolute atomic E-state index is 1.03. The summed E-state index contributed by atoms with van der Waals surface area (Å²) in [6.07, 6.45) is 5.25. The van der Waals surface area contributed by atoms with Gasteiger partial charge in [-0.1, -0.05) is 18.5 Å². The largest absolute Gasteiger partial charge is 0.399 e. The van der Waals surface area contributed by atoms with Crippen LogP contribution in [0.1, 0.15) is 26.2 Å². The van der Waals surface area contributed by atoms with Crippen LogP contribution in [0.5, 0.6) is 0 Å². The van der Waals surface area contributed by atoms with Crippen LogP contribution in [-0.4, -0.2) is 13.3 Å². The molecular weight excluding hydrogens is 102 g/mol. The quantitative estimate of drug-likeness (QED) is 0.311. The lowest BCUT2D eigenvalue weighted by Crippen LogP contribution is -1.75. The highest BCUT2D eigenvalue weighted by Gasteiger charge is 1.76. The molecule has 0 unspecified atom stereocenters. The van der Waals surface area contributed by atoms with Crippen molar-refractivity contribution in [2.45, 2.75) is 26.2 Å². The Bertz CT molecular complexity index is 61.5. The van der Waals surface area contributed by atoms with E-state index in [2.05, 4.69) is 16.9 Å². The third-order valence-electron chi connectivity index (χ3n) is 0.867. The number of nitrogens with zero attached hydrogens (tertiary/aromatic N) is 1. The smallest absolute Gasteiger partial charge is 0.106 e. The molecule has 0 aliphatic heterocycles. The maximum absolute atomic E-state index is 4.46. The number of oxime groups is 1. The third-order valence-corrected chi connectivity index (χ3v) is 0.867. The lowest BCUT2D eigenvalue weighted by atomic mass is 10.3. The van der Waals surface area contributed by atoms with Crippen LogP contribution in [0, 0.1) is 0 Å². The Hall–Kier alpha value is -0.530. The second kappa shape index (κ2) is 6.47. The maximum atomic E-state index is 4.46. The van der Waals surface area contributed by atoms with Crippen molar-refractivity contribution in [2.75, 3.05) is 7.11 Å². The number of unbranched alkanes of at least 4 members (excludes halogenated alkanes) is 2. The van der Waals surface area contributed by atoms with E-state index >= 15 is 0 Å². The Morgan fingerprint density at radius 3 is 2.88 bits per heavy atom. The topological polar surface area (TPSA) is 21.6 Å². The predicted octanol–water partition coefficient (Wildman–Crippen LogP) is 1.81. The van der Waals surface area contributed by atoms with Crippen molar-refractivity contribution >= 4 is 6.21 Å². The van der Waals surface area contributed by atoms with Gasteiger partial charge in [-0.25, -0.2) is 0 Å². The van der Waals surface area contributed by atoms with Crippen LogP contribution in [0.2, 0.25) is 0 Å². The predicted molar refractivity (Wildman–Crippen MR) is 35.0 cm³/mol. The zero-order valence-corrected chi connectivity index (χ0v) is 5.55. The second-order valence-corrected chi connectivity index (χ2v) is 1.61. The zero-order valence-electron chi connectivity index (χ0n) is 5.55. The van der Waals surface area contributed by atoms with Gasteiger partial charge in [0.1, 0.15) is 7.11 Å². The van der Waals surface area contributed by atoms with Gasteiger partial charge in [-0.3, -0.25) is 0 Å². The molecule has 0 amide bonds. The first-order valence-electron chi connectivity index (χ1n) is 2.96. The summed E-state index contributed by atoms with van der Waals surface area (Å²) in [7, 11) is 1.56. The first-order valence-corrected chi connectivity index (χ1v) is 2.96. The van der Waals surface area contributed by atoms with E-state index in [4.69, 9.17) is 0 Å². The van der Waals surface area contributed by atoms with E-state index in [0.717, 1.165) is 6.42 Å². The molecule has 0 aliphatic carbocycles. The van der Waals surface area contributed by atoms with E-state index < -0.39 is 0 Å². The van der Waals surface area contributed by atoms with Gasteiger partial charge >= 0.3 is 0 Å². The van der Waals surface area contributed by atoms with Crippen molar-refractivity contribution in [3.63, 3.8) is 0 Å². The molecular formula is C6H13NO. The van der Waals surface area contributed by atoms with Crippen LogP contribution in [0.4, 0.5) is 0 Å². The minimum atomic E-state index is 1.03. The van der Waals surface area contributed by atoms with Gasteiger partial charge in [0.05, 0.1) is 0 Å². The van der Waals surface area contributed by atoms with Crippen LogP contribution in [0.15, 0.2) is 5.16 Å². The monoisotopic (exact) mass is 115 g/mol. The highest BCUT2D eigenvalue weighted by atomic mass is 16.6. The fraction of sp³-hybridized carbons (Fsp3) is 0.833. The van der Waals surface area contributed by atoms with Gasteiger partial charge in [0.15, 0.2) is 0 Å². The molecule has 0 spiro atoms. The lowest BCUT2D eigenvalue weighted by Gasteiger charge is -1.86. The average molecular weight is 115 g/mol. The SMILES string of the molecule is CCCC/C=N\OC. The molecule has 0 aliphatic rings. The summed E-state index contributed by atoms with van der Waals surface area (Å²) in [5.74, 6) is 0. The van der Waals surface area contributed by atoms with Crippen LogP contribution < -0.4 is 0 Å². The van der Waals surface area contributed by atoms with E-state index in [1.54, 1.807) is 13.3 Å². The highest BCUT2D eigenvalue weighted by Crippen LogP contribution is 1.89. The molecule has 48 valence electrons. The Morgan fingerprint density at radius 2 is 2.38 bits per heavy atom. The number of hydrogen-bond acceptors (Lipinski definition) is 2. The van der Waals surface area contributed by atoms with Gasteiger partial charge in [-0.15, -0.1) is 0 Å². The molecule has 2 nitrogen and oxygen atoms in total. The molecule has 0 fully saturated rings. The lowest BCUT2D eigenvalue weighted by molar-refractivity contribution is 0.214. The Morgan fingerprint density at radius 1 is 1.62 bits per heavy atom. The summed E-state index contributed by atoms with van der Waals surface area (Å²) >= 11 is 0. The summed E-state index contributed by atoms with van der Waals surface area (Å²) in [6.45, 7) is 2.15. The van der Waals surface area contributed by atoms with E-state index in [1.165, 1.54) is 12.8 Å². The summed E-state index contributed by atoms with van der Waals surface area (Å²) in [5, 5.41) is 3.58. The first kappa shape index (κ1) is 7.47. The van der Waals surface area contributed by atoms with Crippen molar-refractivity contribution in [1.82, 2.24) is 0 Å². The van der Waals surface area contributed by atoms with Crippen LogP contribution in [-0.2, 0) is 4.84 Å². The maximum Gasteiger partial charge on any atom is 0.106 e. The molecule has 0 saturated heterocycles. The fourth-order valence-corrected chi connectivity index (χ4v) is 0.423. The normalized spacial score (nSPS) is 10.2. The molecule has 0 aromatic carbocycles. The second-order valence-electron chi connectivity index (χ2n) is 1.61. The molecule has 0 aromatic rings. The van der Waals surface area contributed by atoms with Gasteiger partial charge in [-0.05, 0) is 12.8 Å². The average Bonchev–Trinajstić information content (AvgIpc) is 1.81. The van der Waals surface area contributed by atoms with Crippen molar-refractivity contribution in [2.24, 2.45) is 5.16 Å². The molecule has 0 heterocycles. The minimum Gasteiger partial charge on any atom is -0.399 e. The summed E-state index contributed by atoms with van der Waals surface area (Å²) in [5.41, 5.74) is 0. The Kier molecular flexibility index (Phi) is 6.04. The zero-order chi connectivity index (χ0) is 6.24. The van der Waals surface area contributed by atoms with Crippen molar-refractivity contribution in [1.29, 1.82) is 0 Å². The molecule has 0 rings (SSSR count). The first-order chi connectivity index (χ1) is 3.91. The van der Waals surface area contributed by atoms with Gasteiger partial charge in [0, 0.05) is 6.21 Å². The summed E-state index contributed by atoms with van der Waals surface area (Å²) < 4.78 is 0. The third kappa shape index (κ3) is 5.47. The van der Waals surface area contributed by atoms with Gasteiger partial charge in [0.2, 0.25) is 0 Å². The molecule has 2 heteroatoms. The Balaban J connectivity index is 2.80. The van der Waals surface area contributed by atoms with Gasteiger partial charge in [0.25, 0.3) is 0 Å². The van der Waals surface area contributed by atoms with Crippen LogP contribution in [0.25, 0.3) is 0 Å². The summed E-state index contributed by atoms with van der Waals surface area (Å²) in [4.78, 5) is 4.46. The molecule has 0 aromatic heterocycles. The fourth-order valence-electron chi connectivity index (χ4n) is 0.423. The van der Waals surface area contributed by atoms with Gasteiger partial charge < -0.3 is 4.84 Å². The van der Waals surface area contributed by atoms with Crippen LogP contribution >= 0.6 is 0 Å². The van der Waals surface area contributed by atoms with Crippen LogP contribution in [0.3, 0.4) is 0 Å². The molecule has 0 bridgehead atoms.